The maximum Gasteiger partial charge on any atom is 0.270 e. The Morgan fingerprint density at radius 3 is 2.24 bits per heavy atom. The third-order valence-electron chi connectivity index (χ3n) is 3.00. The van der Waals surface area contributed by atoms with Crippen LogP contribution < -0.4 is 5.73 Å². The van der Waals surface area contributed by atoms with E-state index in [1.807, 2.05) is 18.2 Å². The molecule has 0 fully saturated rings. The van der Waals surface area contributed by atoms with Crippen molar-refractivity contribution in [3.8, 4) is 11.1 Å². The number of rotatable bonds is 1. The fourth-order valence-corrected chi connectivity index (χ4v) is 2.26. The molecule has 3 nitrogen and oxygen atoms in total. The Balaban J connectivity index is 2.38. The molecule has 0 saturated carbocycles. The molecule has 0 atom stereocenters. The Hall–Kier alpha value is -2.42. The fourth-order valence-electron chi connectivity index (χ4n) is 2.26. The average molecular weight is 222 g/mol. The Morgan fingerprint density at radius 1 is 0.882 bits per heavy atom. The predicted octanol–water partition coefficient (Wildman–Crippen LogP) is 2.32. The van der Waals surface area contributed by atoms with E-state index in [2.05, 4.69) is 0 Å². The van der Waals surface area contributed by atoms with Gasteiger partial charge in [-0.2, -0.15) is 0 Å². The van der Waals surface area contributed by atoms with Crippen molar-refractivity contribution in [2.24, 2.45) is 0 Å². The molecule has 3 heteroatoms. The Bertz CT molecular complexity index is 659. The van der Waals surface area contributed by atoms with E-state index in [4.69, 9.17) is 5.73 Å². The quantitative estimate of drug-likeness (QED) is 0.634. The zero-order chi connectivity index (χ0) is 12.0. The van der Waals surface area contributed by atoms with Crippen LogP contribution in [0.15, 0.2) is 42.5 Å². The molecule has 0 unspecified atom stereocenters. The first-order valence-electron chi connectivity index (χ1n) is 5.23. The Morgan fingerprint density at radius 2 is 1.53 bits per heavy atom. The first kappa shape index (κ1) is 9.78. The Kier molecular flexibility index (Phi) is 1.89. The Labute approximate surface area is 97.9 Å². The second-order valence-electron chi connectivity index (χ2n) is 3.93. The minimum absolute atomic E-state index is 0.160. The van der Waals surface area contributed by atoms with Crippen molar-refractivity contribution in [3.63, 3.8) is 0 Å². The molecule has 0 heterocycles. The number of ketones is 1. The predicted molar refractivity (Wildman–Crippen MR) is 62.7 cm³/mol. The number of carbonyl (C=O) groups is 2. The van der Waals surface area contributed by atoms with Gasteiger partial charge in [0.2, 0.25) is 0 Å². The van der Waals surface area contributed by atoms with Gasteiger partial charge >= 0.3 is 0 Å². The highest BCUT2D eigenvalue weighted by molar-refractivity contribution is 6.25. The van der Waals surface area contributed by atoms with Crippen LogP contribution in [0.4, 0.5) is 0 Å². The highest BCUT2D eigenvalue weighted by Gasteiger charge is 2.29. The van der Waals surface area contributed by atoms with Crippen LogP contribution in [0.1, 0.15) is 26.3 Å². The molecule has 0 bridgehead atoms. The number of hydrogen-bond acceptors (Lipinski definition) is 2. The smallest absolute Gasteiger partial charge is 0.270 e. The standard InChI is InChI=1S/C14H8NO2/c15-14(17)11-7-3-6-9-8-4-1-2-5-10(8)13(16)12(9)11/h1-7,15H. The maximum atomic E-state index is 12.2. The monoisotopic (exact) mass is 222 g/mol. The van der Waals surface area contributed by atoms with Gasteiger partial charge in [-0.25, -0.2) is 0 Å². The highest BCUT2D eigenvalue weighted by atomic mass is 16.1. The summed E-state index contributed by atoms with van der Waals surface area (Å²) in [4.78, 5) is 23.4. The van der Waals surface area contributed by atoms with Crippen LogP contribution >= 0.6 is 0 Å². The van der Waals surface area contributed by atoms with Gasteiger partial charge in [-0.05, 0) is 17.2 Å². The molecule has 1 radical (unpaired) electrons. The summed E-state index contributed by atoms with van der Waals surface area (Å²) >= 11 is 0. The van der Waals surface area contributed by atoms with Crippen LogP contribution in [0.5, 0.6) is 0 Å². The van der Waals surface area contributed by atoms with Gasteiger partial charge in [0.05, 0.1) is 5.56 Å². The van der Waals surface area contributed by atoms with Gasteiger partial charge in [0.15, 0.2) is 5.78 Å². The van der Waals surface area contributed by atoms with Crippen molar-refractivity contribution in [3.05, 3.63) is 59.2 Å². The molecule has 1 aliphatic rings. The molecule has 1 aliphatic carbocycles. The fraction of sp³-hybridized carbons (Fsp3) is 0. The van der Waals surface area contributed by atoms with Crippen LogP contribution in [0, 0.1) is 0 Å². The SMILES string of the molecule is [NH]C(=O)c1cccc2c1C(=O)c1ccccc1-2. The molecule has 81 valence electrons. The van der Waals surface area contributed by atoms with Crippen LogP contribution in [0.25, 0.3) is 11.1 Å². The summed E-state index contributed by atoms with van der Waals surface area (Å²) in [6.45, 7) is 0. The summed E-state index contributed by atoms with van der Waals surface area (Å²) in [5.74, 6) is -0.977. The van der Waals surface area contributed by atoms with Crippen molar-refractivity contribution >= 4 is 11.7 Å². The highest BCUT2D eigenvalue weighted by Crippen LogP contribution is 2.37. The first-order valence-corrected chi connectivity index (χ1v) is 5.23. The summed E-state index contributed by atoms with van der Waals surface area (Å²) in [7, 11) is 0. The molecule has 0 saturated heterocycles. The van der Waals surface area contributed by atoms with E-state index in [0.29, 0.717) is 11.1 Å². The number of amides is 1. The third kappa shape index (κ3) is 1.22. The van der Waals surface area contributed by atoms with Crippen molar-refractivity contribution in [1.82, 2.24) is 5.73 Å². The van der Waals surface area contributed by atoms with Gasteiger partial charge in [-0.15, -0.1) is 0 Å². The van der Waals surface area contributed by atoms with E-state index >= 15 is 0 Å². The molecule has 0 aromatic heterocycles. The zero-order valence-electron chi connectivity index (χ0n) is 8.86. The van der Waals surface area contributed by atoms with E-state index in [1.165, 1.54) is 6.07 Å². The molecular weight excluding hydrogens is 214 g/mol. The van der Waals surface area contributed by atoms with Crippen molar-refractivity contribution in [2.45, 2.75) is 0 Å². The van der Waals surface area contributed by atoms with Gasteiger partial charge in [0.1, 0.15) is 0 Å². The number of fused-ring (bicyclic) bond motifs is 3. The van der Waals surface area contributed by atoms with E-state index in [9.17, 15) is 9.59 Å². The summed E-state index contributed by atoms with van der Waals surface area (Å²) in [5, 5.41) is 0. The molecule has 1 amide bonds. The van der Waals surface area contributed by atoms with E-state index in [1.54, 1.807) is 18.2 Å². The lowest BCUT2D eigenvalue weighted by atomic mass is 10.0. The maximum absolute atomic E-state index is 12.2. The van der Waals surface area contributed by atoms with Crippen LogP contribution in [-0.2, 0) is 0 Å². The van der Waals surface area contributed by atoms with Gasteiger partial charge < -0.3 is 0 Å². The summed E-state index contributed by atoms with van der Waals surface area (Å²) in [5.41, 5.74) is 9.95. The van der Waals surface area contributed by atoms with Crippen LogP contribution in [0.2, 0.25) is 0 Å². The lowest BCUT2D eigenvalue weighted by molar-refractivity contribution is 0.0976. The summed E-state index contributed by atoms with van der Waals surface area (Å²) in [6, 6.07) is 12.3. The molecule has 0 spiro atoms. The van der Waals surface area contributed by atoms with Crippen molar-refractivity contribution in [1.29, 1.82) is 0 Å². The normalized spacial score (nSPS) is 12.1. The lowest BCUT2D eigenvalue weighted by Crippen LogP contribution is -2.07. The number of benzene rings is 2. The van der Waals surface area contributed by atoms with Crippen molar-refractivity contribution < 1.29 is 9.59 Å². The second-order valence-corrected chi connectivity index (χ2v) is 3.93. The first-order chi connectivity index (χ1) is 8.20. The van der Waals surface area contributed by atoms with Crippen molar-refractivity contribution in [2.75, 3.05) is 0 Å². The van der Waals surface area contributed by atoms with Gasteiger partial charge in [-0.3, -0.25) is 15.3 Å². The molecule has 2 aromatic rings. The van der Waals surface area contributed by atoms with E-state index in [0.717, 1.165) is 11.1 Å². The van der Waals surface area contributed by atoms with Gasteiger partial charge in [-0.1, -0.05) is 36.4 Å². The van der Waals surface area contributed by atoms with Crippen LogP contribution in [0.3, 0.4) is 0 Å². The van der Waals surface area contributed by atoms with Gasteiger partial charge in [0.25, 0.3) is 5.91 Å². The number of nitrogens with one attached hydrogen (secondary N) is 1. The molecule has 3 rings (SSSR count). The van der Waals surface area contributed by atoms with E-state index in [-0.39, 0.29) is 11.3 Å². The average Bonchev–Trinajstić information content (AvgIpc) is 2.64. The van der Waals surface area contributed by atoms with E-state index < -0.39 is 5.91 Å². The third-order valence-corrected chi connectivity index (χ3v) is 3.00. The zero-order valence-corrected chi connectivity index (χ0v) is 8.86. The summed E-state index contributed by atoms with van der Waals surface area (Å²) < 4.78 is 0. The number of carbonyl (C=O) groups excluding carboxylic acids is 2. The minimum Gasteiger partial charge on any atom is -0.289 e. The largest absolute Gasteiger partial charge is 0.289 e. The lowest BCUT2D eigenvalue weighted by Gasteiger charge is -2.02. The molecule has 0 aliphatic heterocycles. The topological polar surface area (TPSA) is 57.9 Å². The van der Waals surface area contributed by atoms with Crippen LogP contribution in [-0.4, -0.2) is 11.7 Å². The summed E-state index contributed by atoms with van der Waals surface area (Å²) in [6.07, 6.45) is 0. The minimum atomic E-state index is -0.817. The second kappa shape index (κ2) is 3.28. The van der Waals surface area contributed by atoms with Gasteiger partial charge in [0, 0.05) is 11.1 Å². The number of hydrogen-bond donors (Lipinski definition) is 0. The molecule has 1 N–H and O–H groups in total. The molecular formula is C14H8NO2. The molecule has 17 heavy (non-hydrogen) atoms. The molecule has 2 aromatic carbocycles.